The number of allylic oxidation sites excluding steroid dienone is 2. The molecule has 0 bridgehead atoms. The van der Waals surface area contributed by atoms with Crippen LogP contribution < -0.4 is 4.74 Å². The van der Waals surface area contributed by atoms with Gasteiger partial charge in [-0.1, -0.05) is 50.3 Å². The summed E-state index contributed by atoms with van der Waals surface area (Å²) in [6, 6.07) is 7.90. The first kappa shape index (κ1) is 17.9. The third kappa shape index (κ3) is 4.21. The molecule has 1 aliphatic carbocycles. The number of nitrogens with zero attached hydrogens (tertiary/aromatic N) is 2. The number of ether oxygens (including phenoxy) is 1. The molecule has 1 aromatic carbocycles. The second-order valence-electron chi connectivity index (χ2n) is 7.55. The fourth-order valence-electron chi connectivity index (χ4n) is 3.72. The number of para-hydroxylation sites is 1. The molecule has 0 saturated heterocycles. The van der Waals surface area contributed by atoms with Crippen molar-refractivity contribution >= 4 is 27.5 Å². The van der Waals surface area contributed by atoms with Crippen molar-refractivity contribution in [3.63, 3.8) is 0 Å². The molecule has 0 aliphatic heterocycles. The van der Waals surface area contributed by atoms with Gasteiger partial charge in [0.05, 0.1) is 10.2 Å². The van der Waals surface area contributed by atoms with E-state index in [-0.39, 0.29) is 17.9 Å². The van der Waals surface area contributed by atoms with Gasteiger partial charge in [-0.3, -0.25) is 4.79 Å². The van der Waals surface area contributed by atoms with Gasteiger partial charge in [0.2, 0.25) is 0 Å². The van der Waals surface area contributed by atoms with Crippen molar-refractivity contribution in [1.82, 2.24) is 9.88 Å². The van der Waals surface area contributed by atoms with Crippen LogP contribution >= 0.6 is 11.3 Å². The number of carbonyl (C=O) groups excluding carboxylic acids is 1. The topological polar surface area (TPSA) is 42.4 Å². The maximum Gasteiger partial charge on any atom is 0.274 e. The van der Waals surface area contributed by atoms with Crippen LogP contribution in [0.4, 0.5) is 0 Å². The summed E-state index contributed by atoms with van der Waals surface area (Å²) in [7, 11) is 0. The maximum atomic E-state index is 12.7. The molecule has 1 aromatic heterocycles. The highest BCUT2D eigenvalue weighted by molar-refractivity contribution is 7.20. The average Bonchev–Trinajstić information content (AvgIpc) is 2.94. The van der Waals surface area contributed by atoms with Gasteiger partial charge in [0.15, 0.2) is 6.61 Å². The number of amides is 1. The van der Waals surface area contributed by atoms with Crippen molar-refractivity contribution in [3.05, 3.63) is 36.0 Å². The lowest BCUT2D eigenvalue weighted by atomic mass is 9.75. The van der Waals surface area contributed by atoms with Gasteiger partial charge in [-0.2, -0.15) is 0 Å². The van der Waals surface area contributed by atoms with E-state index in [2.05, 4.69) is 31.8 Å². The van der Waals surface area contributed by atoms with Crippen molar-refractivity contribution in [1.29, 1.82) is 0 Å². The molecular formula is C20H26N2O2S. The summed E-state index contributed by atoms with van der Waals surface area (Å²) < 4.78 is 6.77. The molecule has 0 fully saturated rings. The van der Waals surface area contributed by atoms with E-state index in [9.17, 15) is 4.79 Å². The lowest BCUT2D eigenvalue weighted by molar-refractivity contribution is -0.131. The van der Waals surface area contributed by atoms with E-state index < -0.39 is 0 Å². The third-order valence-corrected chi connectivity index (χ3v) is 5.52. The summed E-state index contributed by atoms with van der Waals surface area (Å²) in [6.45, 7) is 9.47. The van der Waals surface area contributed by atoms with Crippen LogP contribution in [-0.4, -0.2) is 28.9 Å². The first-order valence-electron chi connectivity index (χ1n) is 8.87. The minimum Gasteiger partial charge on any atom is -0.460 e. The highest BCUT2D eigenvalue weighted by atomic mass is 32.1. The second-order valence-corrected chi connectivity index (χ2v) is 8.55. The van der Waals surface area contributed by atoms with Crippen LogP contribution in [0.15, 0.2) is 36.0 Å². The SMILES string of the molecule is CCN(C(=O)COc1nc2ccccc2s1)C1=CC(C)CC(C)(C)C1. The molecule has 1 unspecified atom stereocenters. The van der Waals surface area contributed by atoms with Gasteiger partial charge in [-0.15, -0.1) is 0 Å². The first-order valence-corrected chi connectivity index (χ1v) is 9.69. The molecule has 1 amide bonds. The van der Waals surface area contributed by atoms with Crippen LogP contribution in [0.3, 0.4) is 0 Å². The van der Waals surface area contributed by atoms with Crippen LogP contribution in [0.5, 0.6) is 5.19 Å². The minimum absolute atomic E-state index is 0.00194. The van der Waals surface area contributed by atoms with Crippen molar-refractivity contribution < 1.29 is 9.53 Å². The predicted molar refractivity (Wildman–Crippen MR) is 103 cm³/mol. The largest absolute Gasteiger partial charge is 0.460 e. The van der Waals surface area contributed by atoms with Crippen molar-refractivity contribution in [3.8, 4) is 5.19 Å². The average molecular weight is 359 g/mol. The number of hydrogen-bond acceptors (Lipinski definition) is 4. The summed E-state index contributed by atoms with van der Waals surface area (Å²) in [6.07, 6.45) is 4.33. The van der Waals surface area contributed by atoms with E-state index in [1.54, 1.807) is 0 Å². The zero-order valence-electron chi connectivity index (χ0n) is 15.4. The van der Waals surface area contributed by atoms with Crippen molar-refractivity contribution in [2.75, 3.05) is 13.2 Å². The standard InChI is InChI=1S/C20H26N2O2S/c1-5-22(15-10-14(2)11-20(3,4)12-15)18(23)13-24-19-21-16-8-6-7-9-17(16)25-19/h6-10,14H,5,11-13H2,1-4H3. The van der Waals surface area contributed by atoms with Crippen molar-refractivity contribution in [2.45, 2.75) is 40.5 Å². The highest BCUT2D eigenvalue weighted by Gasteiger charge is 2.30. The molecule has 1 aliphatic rings. The zero-order valence-corrected chi connectivity index (χ0v) is 16.2. The Morgan fingerprint density at radius 2 is 2.16 bits per heavy atom. The van der Waals surface area contributed by atoms with Gasteiger partial charge in [0, 0.05) is 12.2 Å². The van der Waals surface area contributed by atoms with E-state index in [1.807, 2.05) is 36.1 Å². The Morgan fingerprint density at radius 1 is 1.40 bits per heavy atom. The smallest absolute Gasteiger partial charge is 0.274 e. The van der Waals surface area contributed by atoms with Crippen LogP contribution in [0.2, 0.25) is 0 Å². The molecule has 2 aromatic rings. The van der Waals surface area contributed by atoms with E-state index in [0.717, 1.165) is 28.8 Å². The van der Waals surface area contributed by atoms with Gasteiger partial charge < -0.3 is 9.64 Å². The molecule has 25 heavy (non-hydrogen) atoms. The number of fused-ring (bicyclic) bond motifs is 1. The number of likely N-dealkylation sites (N-methyl/N-ethyl adjacent to an activating group) is 1. The van der Waals surface area contributed by atoms with Crippen LogP contribution in [0, 0.1) is 11.3 Å². The summed E-state index contributed by atoms with van der Waals surface area (Å²) in [5.41, 5.74) is 2.27. The normalized spacial score (nSPS) is 19.5. The Morgan fingerprint density at radius 3 is 2.84 bits per heavy atom. The monoisotopic (exact) mass is 358 g/mol. The van der Waals surface area contributed by atoms with Crippen LogP contribution in [0.1, 0.15) is 40.5 Å². The van der Waals surface area contributed by atoms with Crippen molar-refractivity contribution in [2.24, 2.45) is 11.3 Å². The number of carbonyl (C=O) groups is 1. The molecule has 1 atom stereocenters. The lowest BCUT2D eigenvalue weighted by Crippen LogP contribution is -2.37. The second kappa shape index (κ2) is 7.16. The Kier molecular flexibility index (Phi) is 5.13. The van der Waals surface area contributed by atoms with Gasteiger partial charge >= 0.3 is 0 Å². The highest BCUT2D eigenvalue weighted by Crippen LogP contribution is 2.39. The van der Waals surface area contributed by atoms with Gasteiger partial charge in [-0.05, 0) is 43.2 Å². The molecule has 3 rings (SSSR count). The molecule has 0 radical (unpaired) electrons. The fraction of sp³-hybridized carbons (Fsp3) is 0.500. The van der Waals surface area contributed by atoms with E-state index >= 15 is 0 Å². The molecule has 1 heterocycles. The molecule has 134 valence electrons. The Labute approximate surface area is 153 Å². The van der Waals surface area contributed by atoms with Gasteiger partial charge in [0.25, 0.3) is 11.1 Å². The summed E-state index contributed by atoms with van der Waals surface area (Å²) in [5, 5.41) is 0.553. The van der Waals surface area contributed by atoms with Gasteiger partial charge in [0.1, 0.15) is 0 Å². The number of aromatic nitrogens is 1. The van der Waals surface area contributed by atoms with E-state index in [1.165, 1.54) is 11.3 Å². The van der Waals surface area contributed by atoms with E-state index in [0.29, 0.717) is 17.7 Å². The van der Waals surface area contributed by atoms with Crippen LogP contribution in [0.25, 0.3) is 10.2 Å². The molecule has 4 nitrogen and oxygen atoms in total. The number of thiazole rings is 1. The summed E-state index contributed by atoms with van der Waals surface area (Å²) in [5.74, 6) is 0.490. The Hall–Kier alpha value is -1.88. The zero-order chi connectivity index (χ0) is 18.0. The maximum absolute atomic E-state index is 12.7. The Balaban J connectivity index is 1.68. The van der Waals surface area contributed by atoms with E-state index in [4.69, 9.17) is 4.74 Å². The first-order chi connectivity index (χ1) is 11.9. The molecule has 0 saturated carbocycles. The number of benzene rings is 1. The minimum atomic E-state index is -0.00194. The third-order valence-electron chi connectivity index (χ3n) is 4.57. The Bertz CT molecular complexity index is 761. The summed E-state index contributed by atoms with van der Waals surface area (Å²) >= 11 is 1.48. The fourth-order valence-corrected chi connectivity index (χ4v) is 4.53. The number of hydrogen-bond donors (Lipinski definition) is 0. The molecule has 0 N–H and O–H groups in total. The predicted octanol–water partition coefficient (Wildman–Crippen LogP) is 4.86. The molecule has 0 spiro atoms. The lowest BCUT2D eigenvalue weighted by Gasteiger charge is -2.37. The molecule has 5 heteroatoms. The summed E-state index contributed by atoms with van der Waals surface area (Å²) in [4.78, 5) is 19.0. The molecular weight excluding hydrogens is 332 g/mol. The quantitative estimate of drug-likeness (QED) is 0.766. The number of rotatable bonds is 5. The van der Waals surface area contributed by atoms with Gasteiger partial charge in [-0.25, -0.2) is 4.98 Å². The van der Waals surface area contributed by atoms with Crippen LogP contribution in [-0.2, 0) is 4.79 Å².